The summed E-state index contributed by atoms with van der Waals surface area (Å²) in [6.07, 6.45) is 0. The topological polar surface area (TPSA) is 92.4 Å². The molecule has 0 atom stereocenters. The SMILES string of the molecule is Cc1ccc(S(=O)(=O)O)cc1.NNc1ccccc1. The Bertz CT molecular complexity index is 596. The van der Waals surface area contributed by atoms with Gasteiger partial charge in [0.1, 0.15) is 0 Å². The molecule has 2 aromatic rings. The second-order valence-corrected chi connectivity index (χ2v) is 5.22. The van der Waals surface area contributed by atoms with Gasteiger partial charge in [-0.3, -0.25) is 10.4 Å². The highest BCUT2D eigenvalue weighted by atomic mass is 32.2. The average molecular weight is 280 g/mol. The molecule has 0 aliphatic rings. The van der Waals surface area contributed by atoms with Gasteiger partial charge in [0.2, 0.25) is 0 Å². The van der Waals surface area contributed by atoms with E-state index in [1.807, 2.05) is 37.3 Å². The van der Waals surface area contributed by atoms with Crippen molar-refractivity contribution in [1.82, 2.24) is 0 Å². The van der Waals surface area contributed by atoms with Crippen molar-refractivity contribution in [2.45, 2.75) is 11.8 Å². The Balaban J connectivity index is 0.000000200. The Hall–Kier alpha value is -1.89. The molecule has 0 amide bonds. The second kappa shape index (κ2) is 6.89. The molecular weight excluding hydrogens is 264 g/mol. The van der Waals surface area contributed by atoms with Crippen LogP contribution in [-0.2, 0) is 10.1 Å². The van der Waals surface area contributed by atoms with E-state index in [0.29, 0.717) is 0 Å². The molecule has 0 aliphatic carbocycles. The zero-order chi connectivity index (χ0) is 14.3. The number of hydrazine groups is 1. The summed E-state index contributed by atoms with van der Waals surface area (Å²) in [5.41, 5.74) is 4.42. The van der Waals surface area contributed by atoms with Crippen LogP contribution in [0.2, 0.25) is 0 Å². The maximum Gasteiger partial charge on any atom is 0.294 e. The van der Waals surface area contributed by atoms with E-state index in [1.54, 1.807) is 12.1 Å². The second-order valence-electron chi connectivity index (χ2n) is 3.80. The fourth-order valence-corrected chi connectivity index (χ4v) is 1.72. The lowest BCUT2D eigenvalue weighted by atomic mass is 10.2. The van der Waals surface area contributed by atoms with Crippen LogP contribution >= 0.6 is 0 Å². The van der Waals surface area contributed by atoms with Crippen LogP contribution in [0, 0.1) is 6.92 Å². The zero-order valence-electron chi connectivity index (χ0n) is 10.4. The number of aryl methyl sites for hydroxylation is 1. The first-order chi connectivity index (χ1) is 8.93. The number of rotatable bonds is 2. The normalized spacial score (nSPS) is 10.3. The van der Waals surface area contributed by atoms with Crippen LogP contribution in [0.15, 0.2) is 59.5 Å². The highest BCUT2D eigenvalue weighted by Crippen LogP contribution is 2.08. The molecule has 0 heterocycles. The molecular formula is C13H16N2O3S. The molecule has 0 bridgehead atoms. The summed E-state index contributed by atoms with van der Waals surface area (Å²) < 4.78 is 29.6. The fraction of sp³-hybridized carbons (Fsp3) is 0.0769. The van der Waals surface area contributed by atoms with Gasteiger partial charge in [-0.05, 0) is 31.2 Å². The molecule has 5 nitrogen and oxygen atoms in total. The van der Waals surface area contributed by atoms with Gasteiger partial charge in [0, 0.05) is 5.69 Å². The molecule has 2 aromatic carbocycles. The van der Waals surface area contributed by atoms with E-state index in [2.05, 4.69) is 5.43 Å². The molecule has 0 spiro atoms. The lowest BCUT2D eigenvalue weighted by Crippen LogP contribution is -2.05. The van der Waals surface area contributed by atoms with Crippen LogP contribution in [0.4, 0.5) is 5.69 Å². The van der Waals surface area contributed by atoms with Crippen LogP contribution in [-0.4, -0.2) is 13.0 Å². The van der Waals surface area contributed by atoms with Crippen LogP contribution < -0.4 is 11.3 Å². The number of nitrogens with one attached hydrogen (secondary N) is 1. The highest BCUT2D eigenvalue weighted by molar-refractivity contribution is 7.85. The lowest BCUT2D eigenvalue weighted by Gasteiger charge is -1.95. The molecule has 0 aliphatic heterocycles. The Kier molecular flexibility index (Phi) is 5.50. The molecule has 19 heavy (non-hydrogen) atoms. The minimum absolute atomic E-state index is 0.0666. The predicted octanol–water partition coefficient (Wildman–Crippen LogP) is 2.21. The highest BCUT2D eigenvalue weighted by Gasteiger charge is 2.06. The molecule has 4 N–H and O–H groups in total. The van der Waals surface area contributed by atoms with E-state index >= 15 is 0 Å². The standard InChI is InChI=1S/C7H8O3S.C6H8N2/c1-6-2-4-7(5-3-6)11(8,9)10;7-8-6-4-2-1-3-5-6/h2-5H,1H3,(H,8,9,10);1-5,8H,7H2. The first kappa shape index (κ1) is 15.2. The quantitative estimate of drug-likeness (QED) is 0.445. The third-order valence-electron chi connectivity index (χ3n) is 2.26. The van der Waals surface area contributed by atoms with Crippen LogP contribution in [0.5, 0.6) is 0 Å². The van der Waals surface area contributed by atoms with Gasteiger partial charge in [-0.25, -0.2) is 0 Å². The van der Waals surface area contributed by atoms with Gasteiger partial charge in [-0.15, -0.1) is 0 Å². The average Bonchev–Trinajstić information content (AvgIpc) is 2.40. The van der Waals surface area contributed by atoms with Crippen LogP contribution in [0.25, 0.3) is 0 Å². The number of para-hydroxylation sites is 1. The van der Waals surface area contributed by atoms with Crippen molar-refractivity contribution in [2.75, 3.05) is 5.43 Å². The monoisotopic (exact) mass is 280 g/mol. The summed E-state index contributed by atoms with van der Waals surface area (Å²) in [4.78, 5) is -0.0666. The zero-order valence-corrected chi connectivity index (χ0v) is 11.3. The maximum absolute atomic E-state index is 10.5. The van der Waals surface area contributed by atoms with E-state index < -0.39 is 10.1 Å². The summed E-state index contributed by atoms with van der Waals surface area (Å²) in [5.74, 6) is 5.10. The molecule has 0 radical (unpaired) electrons. The van der Waals surface area contributed by atoms with Crippen molar-refractivity contribution >= 4 is 15.8 Å². The molecule has 2 rings (SSSR count). The first-order valence-corrected chi connectivity index (χ1v) is 6.93. The number of benzene rings is 2. The van der Waals surface area contributed by atoms with Crippen molar-refractivity contribution < 1.29 is 13.0 Å². The van der Waals surface area contributed by atoms with Gasteiger partial charge < -0.3 is 5.43 Å². The van der Waals surface area contributed by atoms with E-state index in [0.717, 1.165) is 11.3 Å². The van der Waals surface area contributed by atoms with Crippen LogP contribution in [0.1, 0.15) is 5.56 Å². The predicted molar refractivity (Wildman–Crippen MR) is 75.2 cm³/mol. The molecule has 0 aromatic heterocycles. The minimum atomic E-state index is -4.02. The molecule has 0 fully saturated rings. The van der Waals surface area contributed by atoms with Crippen molar-refractivity contribution in [3.8, 4) is 0 Å². The Morgan fingerprint density at radius 2 is 1.53 bits per heavy atom. The van der Waals surface area contributed by atoms with Gasteiger partial charge in [0.25, 0.3) is 10.1 Å². The Morgan fingerprint density at radius 3 is 1.89 bits per heavy atom. The number of nitrogen functional groups attached to an aromatic ring is 1. The van der Waals surface area contributed by atoms with Crippen LogP contribution in [0.3, 0.4) is 0 Å². The first-order valence-electron chi connectivity index (χ1n) is 5.49. The van der Waals surface area contributed by atoms with Crippen molar-refractivity contribution in [3.63, 3.8) is 0 Å². The van der Waals surface area contributed by atoms with Crippen molar-refractivity contribution in [3.05, 3.63) is 60.2 Å². The maximum atomic E-state index is 10.5. The van der Waals surface area contributed by atoms with E-state index in [1.165, 1.54) is 12.1 Å². The van der Waals surface area contributed by atoms with Gasteiger partial charge >= 0.3 is 0 Å². The minimum Gasteiger partial charge on any atom is -0.324 e. The Labute approximate surface area is 112 Å². The number of nitrogens with two attached hydrogens (primary N) is 1. The molecule has 0 saturated heterocycles. The summed E-state index contributed by atoms with van der Waals surface area (Å²) in [7, 11) is -4.02. The van der Waals surface area contributed by atoms with Crippen molar-refractivity contribution in [1.29, 1.82) is 0 Å². The molecule has 0 unspecified atom stereocenters. The molecule has 102 valence electrons. The molecule has 0 saturated carbocycles. The summed E-state index contributed by atoms with van der Waals surface area (Å²) >= 11 is 0. The van der Waals surface area contributed by atoms with Gasteiger partial charge in [0.05, 0.1) is 4.90 Å². The molecule has 6 heteroatoms. The van der Waals surface area contributed by atoms with E-state index in [4.69, 9.17) is 10.4 Å². The number of hydrogen-bond donors (Lipinski definition) is 3. The van der Waals surface area contributed by atoms with Crippen molar-refractivity contribution in [2.24, 2.45) is 5.84 Å². The number of anilines is 1. The smallest absolute Gasteiger partial charge is 0.294 e. The Morgan fingerprint density at radius 1 is 1.00 bits per heavy atom. The third kappa shape index (κ3) is 5.52. The fourth-order valence-electron chi connectivity index (χ4n) is 1.24. The van der Waals surface area contributed by atoms with Gasteiger partial charge in [-0.2, -0.15) is 8.42 Å². The summed E-state index contributed by atoms with van der Waals surface area (Å²) in [6, 6.07) is 15.6. The largest absolute Gasteiger partial charge is 0.324 e. The summed E-state index contributed by atoms with van der Waals surface area (Å²) in [5, 5.41) is 0. The van der Waals surface area contributed by atoms with E-state index in [9.17, 15) is 8.42 Å². The number of hydrogen-bond acceptors (Lipinski definition) is 4. The van der Waals surface area contributed by atoms with Gasteiger partial charge in [-0.1, -0.05) is 35.9 Å². The van der Waals surface area contributed by atoms with E-state index in [-0.39, 0.29) is 4.90 Å². The summed E-state index contributed by atoms with van der Waals surface area (Å²) in [6.45, 7) is 1.84. The third-order valence-corrected chi connectivity index (χ3v) is 3.13. The lowest BCUT2D eigenvalue weighted by molar-refractivity contribution is 0.483. The van der Waals surface area contributed by atoms with Gasteiger partial charge in [0.15, 0.2) is 0 Å².